The average Bonchev–Trinajstić information content (AvgIpc) is 3.02. The summed E-state index contributed by atoms with van der Waals surface area (Å²) in [5, 5.41) is 2.73. The molecular formula is C17H20FN3O2. The van der Waals surface area contributed by atoms with Crippen molar-refractivity contribution in [3.05, 3.63) is 54.2 Å². The van der Waals surface area contributed by atoms with E-state index in [1.807, 2.05) is 12.1 Å². The van der Waals surface area contributed by atoms with E-state index in [0.717, 1.165) is 38.5 Å². The number of piperazine rings is 1. The van der Waals surface area contributed by atoms with Crippen LogP contribution in [-0.4, -0.2) is 48.4 Å². The summed E-state index contributed by atoms with van der Waals surface area (Å²) >= 11 is 0. The second-order valence-corrected chi connectivity index (χ2v) is 5.69. The number of nitrogens with zero attached hydrogens (tertiary/aromatic N) is 2. The van der Waals surface area contributed by atoms with Gasteiger partial charge in [-0.3, -0.25) is 14.6 Å². The Morgan fingerprint density at radius 3 is 2.61 bits per heavy atom. The first kappa shape index (κ1) is 15.7. The van der Waals surface area contributed by atoms with Gasteiger partial charge in [0.2, 0.25) is 5.91 Å². The fourth-order valence-electron chi connectivity index (χ4n) is 2.70. The molecule has 0 unspecified atom stereocenters. The molecule has 0 bridgehead atoms. The third kappa shape index (κ3) is 4.64. The molecule has 122 valence electrons. The van der Waals surface area contributed by atoms with Gasteiger partial charge in [0.1, 0.15) is 11.6 Å². The lowest BCUT2D eigenvalue weighted by Crippen LogP contribution is -2.48. The smallest absolute Gasteiger partial charge is 0.238 e. The summed E-state index contributed by atoms with van der Waals surface area (Å²) in [5.41, 5.74) is 0.492. The lowest BCUT2D eigenvalue weighted by molar-refractivity contribution is -0.117. The molecule has 2 heterocycles. The van der Waals surface area contributed by atoms with Crippen molar-refractivity contribution in [2.45, 2.75) is 6.54 Å². The molecule has 0 spiro atoms. The van der Waals surface area contributed by atoms with Gasteiger partial charge in [-0.15, -0.1) is 0 Å². The first-order chi connectivity index (χ1) is 11.2. The summed E-state index contributed by atoms with van der Waals surface area (Å²) in [6, 6.07) is 9.80. The Morgan fingerprint density at radius 1 is 1.13 bits per heavy atom. The highest BCUT2D eigenvalue weighted by atomic mass is 19.1. The van der Waals surface area contributed by atoms with E-state index in [1.165, 1.54) is 12.1 Å². The van der Waals surface area contributed by atoms with Gasteiger partial charge < -0.3 is 9.73 Å². The van der Waals surface area contributed by atoms with Crippen molar-refractivity contribution in [2.75, 3.05) is 38.0 Å². The zero-order chi connectivity index (χ0) is 16.1. The molecule has 1 amide bonds. The molecule has 6 heteroatoms. The molecule has 1 aromatic heterocycles. The molecule has 0 atom stereocenters. The van der Waals surface area contributed by atoms with Crippen LogP contribution in [-0.2, 0) is 11.3 Å². The van der Waals surface area contributed by atoms with Crippen LogP contribution in [0, 0.1) is 5.82 Å². The Hall–Kier alpha value is -2.18. The van der Waals surface area contributed by atoms with Gasteiger partial charge in [0.25, 0.3) is 0 Å². The monoisotopic (exact) mass is 317 g/mol. The predicted molar refractivity (Wildman–Crippen MR) is 85.5 cm³/mol. The molecule has 1 aromatic carbocycles. The van der Waals surface area contributed by atoms with E-state index < -0.39 is 0 Å². The number of halogens is 1. The highest BCUT2D eigenvalue weighted by molar-refractivity contribution is 5.92. The van der Waals surface area contributed by atoms with E-state index in [0.29, 0.717) is 12.2 Å². The van der Waals surface area contributed by atoms with Gasteiger partial charge in [-0.2, -0.15) is 0 Å². The van der Waals surface area contributed by atoms with Crippen LogP contribution in [0.5, 0.6) is 0 Å². The lowest BCUT2D eigenvalue weighted by atomic mass is 10.2. The van der Waals surface area contributed by atoms with E-state index in [-0.39, 0.29) is 11.7 Å². The molecule has 23 heavy (non-hydrogen) atoms. The fraction of sp³-hybridized carbons (Fsp3) is 0.353. The Kier molecular flexibility index (Phi) is 5.05. The number of hydrogen-bond acceptors (Lipinski definition) is 4. The number of hydrogen-bond donors (Lipinski definition) is 1. The second-order valence-electron chi connectivity index (χ2n) is 5.69. The summed E-state index contributed by atoms with van der Waals surface area (Å²) in [4.78, 5) is 16.4. The van der Waals surface area contributed by atoms with E-state index in [1.54, 1.807) is 18.4 Å². The van der Waals surface area contributed by atoms with Crippen molar-refractivity contribution >= 4 is 11.6 Å². The molecule has 1 aliphatic heterocycles. The predicted octanol–water partition coefficient (Wildman–Crippen LogP) is 2.17. The molecular weight excluding hydrogens is 297 g/mol. The molecule has 1 fully saturated rings. The summed E-state index contributed by atoms with van der Waals surface area (Å²) in [6.07, 6.45) is 1.68. The number of carbonyl (C=O) groups is 1. The van der Waals surface area contributed by atoms with Crippen LogP contribution in [0.25, 0.3) is 0 Å². The van der Waals surface area contributed by atoms with Crippen LogP contribution in [0.4, 0.5) is 10.1 Å². The molecule has 1 aliphatic rings. The van der Waals surface area contributed by atoms with Crippen molar-refractivity contribution in [1.82, 2.24) is 9.80 Å². The first-order valence-electron chi connectivity index (χ1n) is 7.71. The first-order valence-corrected chi connectivity index (χ1v) is 7.71. The van der Waals surface area contributed by atoms with Crippen molar-refractivity contribution < 1.29 is 13.6 Å². The van der Waals surface area contributed by atoms with E-state index >= 15 is 0 Å². The minimum atomic E-state index is -0.352. The summed E-state index contributed by atoms with van der Waals surface area (Å²) in [7, 11) is 0. The molecule has 1 N–H and O–H groups in total. The van der Waals surface area contributed by atoms with E-state index in [2.05, 4.69) is 15.1 Å². The number of carbonyl (C=O) groups excluding carboxylic acids is 1. The average molecular weight is 317 g/mol. The van der Waals surface area contributed by atoms with Crippen LogP contribution >= 0.6 is 0 Å². The van der Waals surface area contributed by atoms with Gasteiger partial charge in [-0.1, -0.05) is 6.07 Å². The van der Waals surface area contributed by atoms with Crippen LogP contribution in [0.15, 0.2) is 47.1 Å². The van der Waals surface area contributed by atoms with Crippen LogP contribution < -0.4 is 5.32 Å². The Morgan fingerprint density at radius 2 is 1.91 bits per heavy atom. The largest absolute Gasteiger partial charge is 0.468 e. The highest BCUT2D eigenvalue weighted by Gasteiger charge is 2.19. The number of furan rings is 1. The van der Waals surface area contributed by atoms with E-state index in [4.69, 9.17) is 4.42 Å². The number of anilines is 1. The zero-order valence-corrected chi connectivity index (χ0v) is 12.9. The van der Waals surface area contributed by atoms with Crippen LogP contribution in [0.1, 0.15) is 5.76 Å². The minimum Gasteiger partial charge on any atom is -0.468 e. The third-order valence-electron chi connectivity index (χ3n) is 3.90. The number of nitrogens with one attached hydrogen (secondary N) is 1. The van der Waals surface area contributed by atoms with Gasteiger partial charge in [0.05, 0.1) is 19.4 Å². The minimum absolute atomic E-state index is 0.116. The standard InChI is InChI=1S/C17H20FN3O2/c18-14-3-1-4-15(11-14)19-17(22)13-21-8-6-20(7-9-21)12-16-5-2-10-23-16/h1-5,10-11H,6-9,12-13H2,(H,19,22). The van der Waals surface area contributed by atoms with E-state index in [9.17, 15) is 9.18 Å². The molecule has 2 aromatic rings. The van der Waals surface area contributed by atoms with Crippen molar-refractivity contribution in [3.8, 4) is 0 Å². The second kappa shape index (κ2) is 7.39. The summed E-state index contributed by atoms with van der Waals surface area (Å²) < 4.78 is 18.5. The number of benzene rings is 1. The summed E-state index contributed by atoms with van der Waals surface area (Å²) in [5.74, 6) is 0.492. The zero-order valence-electron chi connectivity index (χ0n) is 12.9. The number of amides is 1. The lowest BCUT2D eigenvalue weighted by Gasteiger charge is -2.33. The number of rotatable bonds is 5. The van der Waals surface area contributed by atoms with Crippen molar-refractivity contribution in [1.29, 1.82) is 0 Å². The molecule has 3 rings (SSSR count). The normalized spacial score (nSPS) is 16.4. The van der Waals surface area contributed by atoms with Crippen LogP contribution in [0.3, 0.4) is 0 Å². The maximum atomic E-state index is 13.1. The fourth-order valence-corrected chi connectivity index (χ4v) is 2.70. The summed E-state index contributed by atoms with van der Waals surface area (Å²) in [6.45, 7) is 4.58. The van der Waals surface area contributed by atoms with Gasteiger partial charge >= 0.3 is 0 Å². The Labute approximate surface area is 134 Å². The molecule has 0 aliphatic carbocycles. The van der Waals surface area contributed by atoms with Gasteiger partial charge in [0, 0.05) is 31.9 Å². The Bertz CT molecular complexity index is 637. The van der Waals surface area contributed by atoms with Crippen molar-refractivity contribution in [2.24, 2.45) is 0 Å². The third-order valence-corrected chi connectivity index (χ3v) is 3.90. The maximum absolute atomic E-state index is 13.1. The SMILES string of the molecule is O=C(CN1CCN(Cc2ccco2)CC1)Nc1cccc(F)c1. The molecule has 1 saturated heterocycles. The maximum Gasteiger partial charge on any atom is 0.238 e. The van der Waals surface area contributed by atoms with Gasteiger partial charge in [0.15, 0.2) is 0 Å². The Balaban J connectivity index is 1.42. The highest BCUT2D eigenvalue weighted by Crippen LogP contribution is 2.11. The topological polar surface area (TPSA) is 48.7 Å². The molecule has 0 saturated carbocycles. The quantitative estimate of drug-likeness (QED) is 0.918. The molecule has 0 radical (unpaired) electrons. The van der Waals surface area contributed by atoms with Crippen molar-refractivity contribution in [3.63, 3.8) is 0 Å². The molecule has 5 nitrogen and oxygen atoms in total. The van der Waals surface area contributed by atoms with Gasteiger partial charge in [-0.25, -0.2) is 4.39 Å². The van der Waals surface area contributed by atoms with Crippen LogP contribution in [0.2, 0.25) is 0 Å². The van der Waals surface area contributed by atoms with Gasteiger partial charge in [-0.05, 0) is 30.3 Å².